The van der Waals surface area contributed by atoms with Crippen molar-refractivity contribution in [3.05, 3.63) is 53.6 Å². The summed E-state index contributed by atoms with van der Waals surface area (Å²) in [7, 11) is 0. The minimum absolute atomic E-state index is 0.182. The van der Waals surface area contributed by atoms with E-state index in [1.807, 2.05) is 30.5 Å². The fraction of sp³-hybridized carbons (Fsp3) is 0.231. The number of amides is 1. The van der Waals surface area contributed by atoms with Gasteiger partial charge >= 0.3 is 0 Å². The van der Waals surface area contributed by atoms with Gasteiger partial charge in [-0.1, -0.05) is 24.3 Å². The van der Waals surface area contributed by atoms with Crippen LogP contribution in [0.5, 0.6) is 0 Å². The number of benzene rings is 1. The zero-order valence-electron chi connectivity index (χ0n) is 10.0. The summed E-state index contributed by atoms with van der Waals surface area (Å²) in [4.78, 5) is 18.4. The first-order valence-electron chi connectivity index (χ1n) is 5.83. The molecule has 0 bridgehead atoms. The normalized spacial score (nSPS) is 10.3. The van der Waals surface area contributed by atoms with E-state index in [2.05, 4.69) is 15.4 Å². The lowest BCUT2D eigenvalue weighted by Crippen LogP contribution is -2.31. The SMILES string of the molecule is NNC(=O)Cc1ccc(CCc2ncc[nH]2)cc1. The number of hydrogen-bond donors (Lipinski definition) is 3. The van der Waals surface area contributed by atoms with Gasteiger partial charge in [0.2, 0.25) is 5.91 Å². The van der Waals surface area contributed by atoms with E-state index in [-0.39, 0.29) is 5.91 Å². The molecule has 0 spiro atoms. The second-order valence-corrected chi connectivity index (χ2v) is 4.10. The molecule has 5 nitrogen and oxygen atoms in total. The van der Waals surface area contributed by atoms with Gasteiger partial charge in [0.1, 0.15) is 5.82 Å². The van der Waals surface area contributed by atoms with Gasteiger partial charge in [-0.3, -0.25) is 10.2 Å². The van der Waals surface area contributed by atoms with Gasteiger partial charge < -0.3 is 4.98 Å². The predicted molar refractivity (Wildman–Crippen MR) is 68.5 cm³/mol. The second kappa shape index (κ2) is 5.97. The number of hydrogen-bond acceptors (Lipinski definition) is 3. The smallest absolute Gasteiger partial charge is 0.238 e. The molecule has 0 aliphatic heterocycles. The third kappa shape index (κ3) is 3.43. The highest BCUT2D eigenvalue weighted by Gasteiger charge is 2.02. The third-order valence-corrected chi connectivity index (χ3v) is 2.75. The van der Waals surface area contributed by atoms with Gasteiger partial charge in [0.25, 0.3) is 0 Å². The summed E-state index contributed by atoms with van der Waals surface area (Å²) in [5, 5.41) is 0. The van der Waals surface area contributed by atoms with Gasteiger partial charge in [0.05, 0.1) is 6.42 Å². The molecule has 0 fully saturated rings. The van der Waals surface area contributed by atoms with Crippen molar-refractivity contribution in [3.8, 4) is 0 Å². The fourth-order valence-corrected chi connectivity index (χ4v) is 1.76. The van der Waals surface area contributed by atoms with Crippen LogP contribution in [-0.2, 0) is 24.1 Å². The molecule has 0 atom stereocenters. The molecule has 2 aromatic rings. The van der Waals surface area contributed by atoms with E-state index in [0.717, 1.165) is 24.2 Å². The predicted octanol–water partition coefficient (Wildman–Crippen LogP) is 0.727. The molecule has 0 aliphatic rings. The Labute approximate surface area is 105 Å². The quantitative estimate of drug-likeness (QED) is 0.412. The monoisotopic (exact) mass is 244 g/mol. The Morgan fingerprint density at radius 1 is 1.22 bits per heavy atom. The van der Waals surface area contributed by atoms with E-state index in [1.54, 1.807) is 6.20 Å². The van der Waals surface area contributed by atoms with E-state index < -0.39 is 0 Å². The van der Waals surface area contributed by atoms with Crippen molar-refractivity contribution in [2.24, 2.45) is 5.84 Å². The van der Waals surface area contributed by atoms with E-state index >= 15 is 0 Å². The molecule has 0 unspecified atom stereocenters. The summed E-state index contributed by atoms with van der Waals surface area (Å²) >= 11 is 0. The van der Waals surface area contributed by atoms with E-state index in [0.29, 0.717) is 6.42 Å². The highest BCUT2D eigenvalue weighted by Crippen LogP contribution is 2.08. The van der Waals surface area contributed by atoms with Crippen molar-refractivity contribution in [2.45, 2.75) is 19.3 Å². The number of nitrogens with two attached hydrogens (primary N) is 1. The number of nitrogens with zero attached hydrogens (tertiary/aromatic N) is 1. The first kappa shape index (κ1) is 12.3. The first-order valence-corrected chi connectivity index (χ1v) is 5.83. The zero-order valence-corrected chi connectivity index (χ0v) is 10.0. The molecule has 94 valence electrons. The van der Waals surface area contributed by atoms with E-state index in [9.17, 15) is 4.79 Å². The van der Waals surface area contributed by atoms with Crippen LogP contribution in [0, 0.1) is 0 Å². The molecule has 4 N–H and O–H groups in total. The number of aromatic amines is 1. The number of rotatable bonds is 5. The van der Waals surface area contributed by atoms with Crippen LogP contribution in [0.15, 0.2) is 36.7 Å². The van der Waals surface area contributed by atoms with Crippen LogP contribution < -0.4 is 11.3 Å². The molecule has 1 aromatic heterocycles. The largest absolute Gasteiger partial charge is 0.349 e. The number of hydrazine groups is 1. The molecule has 0 radical (unpaired) electrons. The third-order valence-electron chi connectivity index (χ3n) is 2.75. The van der Waals surface area contributed by atoms with Crippen molar-refractivity contribution >= 4 is 5.91 Å². The highest BCUT2D eigenvalue weighted by molar-refractivity contribution is 5.77. The molecule has 0 saturated carbocycles. The van der Waals surface area contributed by atoms with Gasteiger partial charge in [-0.05, 0) is 17.5 Å². The number of aromatic nitrogens is 2. The van der Waals surface area contributed by atoms with Crippen molar-refractivity contribution in [1.82, 2.24) is 15.4 Å². The average molecular weight is 244 g/mol. The number of carbonyl (C=O) groups excluding carboxylic acids is 1. The number of H-pyrrole nitrogens is 1. The molecule has 2 rings (SSSR count). The van der Waals surface area contributed by atoms with Crippen LogP contribution in [0.1, 0.15) is 17.0 Å². The highest BCUT2D eigenvalue weighted by atomic mass is 16.2. The Morgan fingerprint density at radius 2 is 1.94 bits per heavy atom. The molecule has 18 heavy (non-hydrogen) atoms. The number of imidazole rings is 1. The summed E-state index contributed by atoms with van der Waals surface area (Å²) in [5.74, 6) is 5.85. The topological polar surface area (TPSA) is 83.8 Å². The first-order chi connectivity index (χ1) is 8.78. The number of nitrogens with one attached hydrogen (secondary N) is 2. The second-order valence-electron chi connectivity index (χ2n) is 4.10. The molecule has 0 aliphatic carbocycles. The van der Waals surface area contributed by atoms with Crippen molar-refractivity contribution in [3.63, 3.8) is 0 Å². The summed E-state index contributed by atoms with van der Waals surface area (Å²) in [6.45, 7) is 0. The lowest BCUT2D eigenvalue weighted by Gasteiger charge is -2.03. The van der Waals surface area contributed by atoms with Crippen LogP contribution in [0.2, 0.25) is 0 Å². The molecule has 1 amide bonds. The fourth-order valence-electron chi connectivity index (χ4n) is 1.76. The van der Waals surface area contributed by atoms with Gasteiger partial charge in [0.15, 0.2) is 0 Å². The van der Waals surface area contributed by atoms with Crippen LogP contribution >= 0.6 is 0 Å². The lowest BCUT2D eigenvalue weighted by molar-refractivity contribution is -0.120. The molecule has 1 aromatic carbocycles. The molecular weight excluding hydrogens is 228 g/mol. The summed E-state index contributed by atoms with van der Waals surface area (Å²) in [6, 6.07) is 7.96. The summed E-state index contributed by atoms with van der Waals surface area (Å²) in [5.41, 5.74) is 4.30. The lowest BCUT2D eigenvalue weighted by atomic mass is 10.1. The van der Waals surface area contributed by atoms with Crippen molar-refractivity contribution < 1.29 is 4.79 Å². The van der Waals surface area contributed by atoms with Gasteiger partial charge in [-0.2, -0.15) is 0 Å². The van der Waals surface area contributed by atoms with E-state index in [1.165, 1.54) is 5.56 Å². The Balaban J connectivity index is 1.89. The maximum Gasteiger partial charge on any atom is 0.238 e. The molecule has 5 heteroatoms. The minimum Gasteiger partial charge on any atom is -0.349 e. The van der Waals surface area contributed by atoms with Gasteiger partial charge in [0, 0.05) is 18.8 Å². The number of aryl methyl sites for hydroxylation is 2. The van der Waals surface area contributed by atoms with Crippen LogP contribution in [0.25, 0.3) is 0 Å². The Kier molecular flexibility index (Phi) is 4.09. The standard InChI is InChI=1S/C13H16N4O/c14-17-13(18)9-11-3-1-10(2-4-11)5-6-12-15-7-8-16-12/h1-4,7-8H,5-6,9,14H2,(H,15,16)(H,17,18). The maximum absolute atomic E-state index is 11.1. The number of carbonyl (C=O) groups is 1. The van der Waals surface area contributed by atoms with Gasteiger partial charge in [-0.25, -0.2) is 10.8 Å². The zero-order chi connectivity index (χ0) is 12.8. The van der Waals surface area contributed by atoms with Crippen molar-refractivity contribution in [2.75, 3.05) is 0 Å². The van der Waals surface area contributed by atoms with Crippen LogP contribution in [0.3, 0.4) is 0 Å². The Bertz CT molecular complexity index is 490. The molecule has 1 heterocycles. The molecule has 0 saturated heterocycles. The summed E-state index contributed by atoms with van der Waals surface area (Å²) < 4.78 is 0. The van der Waals surface area contributed by atoms with Crippen LogP contribution in [0.4, 0.5) is 0 Å². The average Bonchev–Trinajstić information content (AvgIpc) is 2.91. The maximum atomic E-state index is 11.1. The minimum atomic E-state index is -0.182. The molecular formula is C13H16N4O. The Morgan fingerprint density at radius 3 is 2.56 bits per heavy atom. The van der Waals surface area contributed by atoms with Crippen LogP contribution in [-0.4, -0.2) is 15.9 Å². The summed E-state index contributed by atoms with van der Waals surface area (Å²) in [6.07, 6.45) is 5.70. The van der Waals surface area contributed by atoms with Gasteiger partial charge in [-0.15, -0.1) is 0 Å². The van der Waals surface area contributed by atoms with Crippen molar-refractivity contribution in [1.29, 1.82) is 0 Å². The Hall–Kier alpha value is -2.14. The van der Waals surface area contributed by atoms with E-state index in [4.69, 9.17) is 5.84 Å².